The van der Waals surface area contributed by atoms with Crippen LogP contribution < -0.4 is 4.74 Å². The topological polar surface area (TPSA) is 24.8 Å². The Morgan fingerprint density at radius 3 is 2.67 bits per heavy atom. The summed E-state index contributed by atoms with van der Waals surface area (Å²) in [6, 6.07) is 17.5. The molecule has 0 bridgehead atoms. The highest BCUT2D eigenvalue weighted by molar-refractivity contribution is 5.92. The molecule has 0 radical (unpaired) electrons. The Morgan fingerprint density at radius 1 is 1.09 bits per heavy atom. The Morgan fingerprint density at radius 2 is 1.91 bits per heavy atom. The van der Waals surface area contributed by atoms with E-state index in [9.17, 15) is 0 Å². The second-order valence-electron chi connectivity index (χ2n) is 11.1. The van der Waals surface area contributed by atoms with E-state index in [4.69, 9.17) is 9.84 Å². The average molecular weight is 445 g/mol. The number of hydrogen-bond donors (Lipinski definition) is 0. The van der Waals surface area contributed by atoms with Gasteiger partial charge in [-0.25, -0.2) is 0 Å². The van der Waals surface area contributed by atoms with Gasteiger partial charge in [0.1, 0.15) is 12.4 Å². The summed E-state index contributed by atoms with van der Waals surface area (Å²) < 4.78 is 6.21. The van der Waals surface area contributed by atoms with Gasteiger partial charge in [0.15, 0.2) is 0 Å². The van der Waals surface area contributed by atoms with Crippen LogP contribution in [0.5, 0.6) is 5.75 Å². The molecular weight excluding hydrogens is 404 g/mol. The molecule has 33 heavy (non-hydrogen) atoms. The van der Waals surface area contributed by atoms with E-state index < -0.39 is 0 Å². The van der Waals surface area contributed by atoms with Crippen molar-refractivity contribution in [2.24, 2.45) is 28.3 Å². The molecule has 2 fully saturated rings. The number of fused-ring (bicyclic) bond motifs is 5. The van der Waals surface area contributed by atoms with Gasteiger partial charge in [0, 0.05) is 25.2 Å². The van der Waals surface area contributed by atoms with Gasteiger partial charge in [0.05, 0.1) is 0 Å². The van der Waals surface area contributed by atoms with E-state index in [-0.39, 0.29) is 5.41 Å². The number of benzene rings is 2. The molecule has 2 aromatic rings. The third-order valence-electron chi connectivity index (χ3n) is 8.84. The Labute approximate surface area is 200 Å². The van der Waals surface area contributed by atoms with Gasteiger partial charge >= 0.3 is 0 Å². The molecule has 4 unspecified atom stereocenters. The lowest BCUT2D eigenvalue weighted by atomic mass is 9.52. The van der Waals surface area contributed by atoms with Crippen LogP contribution in [-0.4, -0.2) is 24.8 Å². The van der Waals surface area contributed by atoms with E-state index in [0.29, 0.717) is 12.5 Å². The summed E-state index contributed by atoms with van der Waals surface area (Å²) in [4.78, 5) is 0. The number of hydrogen-bond acceptors (Lipinski definition) is 3. The summed E-state index contributed by atoms with van der Waals surface area (Å²) in [6.07, 6.45) is 8.88. The van der Waals surface area contributed by atoms with Crippen molar-refractivity contribution in [3.63, 3.8) is 0 Å². The number of ether oxygens (including phenoxy) is 1. The molecule has 3 aliphatic rings. The first-order chi connectivity index (χ1) is 16.0. The van der Waals surface area contributed by atoms with Crippen LogP contribution >= 0.6 is 0 Å². The minimum Gasteiger partial charge on any atom is -0.489 e. The largest absolute Gasteiger partial charge is 0.489 e. The molecule has 0 aliphatic heterocycles. The van der Waals surface area contributed by atoms with Crippen molar-refractivity contribution in [1.29, 1.82) is 0 Å². The molecule has 2 saturated carbocycles. The molecule has 176 valence electrons. The zero-order chi connectivity index (χ0) is 23.0. The van der Waals surface area contributed by atoms with Gasteiger partial charge in [0.25, 0.3) is 0 Å². The van der Waals surface area contributed by atoms with Crippen LogP contribution in [0.2, 0.25) is 0 Å². The minimum atomic E-state index is 0.285. The van der Waals surface area contributed by atoms with Crippen LogP contribution in [-0.2, 0) is 13.0 Å². The maximum absolute atomic E-state index is 6.21. The Balaban J connectivity index is 1.42. The highest BCUT2D eigenvalue weighted by Gasteiger charge is 2.55. The van der Waals surface area contributed by atoms with Gasteiger partial charge in [-0.2, -0.15) is 5.10 Å². The highest BCUT2D eigenvalue weighted by Crippen LogP contribution is 2.62. The van der Waals surface area contributed by atoms with Crippen LogP contribution in [0.1, 0.15) is 75.0 Å². The summed E-state index contributed by atoms with van der Waals surface area (Å²) in [5.41, 5.74) is 6.13. The maximum Gasteiger partial charge on any atom is 0.120 e. The Kier molecular flexibility index (Phi) is 6.24. The van der Waals surface area contributed by atoms with Crippen molar-refractivity contribution in [2.45, 2.75) is 71.3 Å². The SMILES string of the molecule is CCCC1Cc2cc(OCc3ccccc3)ccc2C2CC[C@]3(C)/C(=N/N(C)C)CCC3C12. The molecule has 0 heterocycles. The van der Waals surface area contributed by atoms with Crippen LogP contribution in [0.15, 0.2) is 53.6 Å². The summed E-state index contributed by atoms with van der Waals surface area (Å²) in [5.74, 6) is 4.06. The number of nitrogens with zero attached hydrogens (tertiary/aromatic N) is 2. The lowest BCUT2D eigenvalue weighted by molar-refractivity contribution is 0.0497. The molecule has 0 spiro atoms. The molecule has 3 nitrogen and oxygen atoms in total. The lowest BCUT2D eigenvalue weighted by Crippen LogP contribution is -2.46. The molecule has 5 atom stereocenters. The zero-order valence-electron chi connectivity index (χ0n) is 20.9. The Bertz CT molecular complexity index is 998. The number of hydrazone groups is 1. The van der Waals surface area contributed by atoms with E-state index >= 15 is 0 Å². The first kappa shape index (κ1) is 22.5. The summed E-state index contributed by atoms with van der Waals surface area (Å²) in [6.45, 7) is 5.53. The summed E-state index contributed by atoms with van der Waals surface area (Å²) in [7, 11) is 4.15. The molecule has 5 rings (SSSR count). The lowest BCUT2D eigenvalue weighted by Gasteiger charge is -2.52. The van der Waals surface area contributed by atoms with Crippen molar-refractivity contribution in [3.8, 4) is 5.75 Å². The van der Waals surface area contributed by atoms with Crippen molar-refractivity contribution in [1.82, 2.24) is 5.01 Å². The van der Waals surface area contributed by atoms with Gasteiger partial charge in [0.2, 0.25) is 0 Å². The normalized spacial score (nSPS) is 31.6. The monoisotopic (exact) mass is 444 g/mol. The molecule has 0 saturated heterocycles. The van der Waals surface area contributed by atoms with Gasteiger partial charge in [-0.15, -0.1) is 0 Å². The van der Waals surface area contributed by atoms with Crippen molar-refractivity contribution >= 4 is 5.71 Å². The smallest absolute Gasteiger partial charge is 0.120 e. The standard InChI is InChI=1S/C30H40N2O/c1-5-9-22-18-23-19-24(33-20-21-10-7-6-8-11-21)12-13-25(23)26-16-17-30(2)27(29(22)26)14-15-28(30)31-32(3)4/h6-8,10-13,19,22,26-27,29H,5,9,14-18,20H2,1-4H3/b31-28+/t22?,26?,27?,29?,30-/m0/s1. The Hall–Kier alpha value is -2.29. The predicted octanol–water partition coefficient (Wildman–Crippen LogP) is 7.07. The molecule has 0 amide bonds. The first-order valence-electron chi connectivity index (χ1n) is 13.0. The maximum atomic E-state index is 6.21. The predicted molar refractivity (Wildman–Crippen MR) is 137 cm³/mol. The fraction of sp³-hybridized carbons (Fsp3) is 0.567. The third kappa shape index (κ3) is 4.20. The van der Waals surface area contributed by atoms with E-state index in [1.807, 2.05) is 5.01 Å². The van der Waals surface area contributed by atoms with Gasteiger partial charge in [-0.1, -0.05) is 63.1 Å². The van der Waals surface area contributed by atoms with E-state index in [1.54, 1.807) is 11.1 Å². The minimum absolute atomic E-state index is 0.285. The van der Waals surface area contributed by atoms with E-state index in [1.165, 1.54) is 56.2 Å². The fourth-order valence-corrected chi connectivity index (χ4v) is 7.45. The second kappa shape index (κ2) is 9.16. The van der Waals surface area contributed by atoms with Crippen LogP contribution in [0.4, 0.5) is 0 Å². The third-order valence-corrected chi connectivity index (χ3v) is 8.84. The summed E-state index contributed by atoms with van der Waals surface area (Å²) in [5, 5.41) is 7.00. The zero-order valence-corrected chi connectivity index (χ0v) is 20.9. The van der Waals surface area contributed by atoms with Gasteiger partial charge in [-0.05, 0) is 84.6 Å². The van der Waals surface area contributed by atoms with E-state index in [2.05, 4.69) is 76.5 Å². The van der Waals surface area contributed by atoms with Crippen LogP contribution in [0.3, 0.4) is 0 Å². The molecule has 3 heteroatoms. The van der Waals surface area contributed by atoms with Crippen LogP contribution in [0, 0.1) is 23.2 Å². The van der Waals surface area contributed by atoms with Crippen molar-refractivity contribution in [2.75, 3.05) is 14.1 Å². The number of rotatable bonds is 6. The average Bonchev–Trinajstić information content (AvgIpc) is 3.13. The van der Waals surface area contributed by atoms with Gasteiger partial charge < -0.3 is 9.75 Å². The highest BCUT2D eigenvalue weighted by atomic mass is 16.5. The quantitative estimate of drug-likeness (QED) is 0.445. The van der Waals surface area contributed by atoms with E-state index in [0.717, 1.165) is 23.5 Å². The van der Waals surface area contributed by atoms with Crippen molar-refractivity contribution in [3.05, 3.63) is 65.2 Å². The molecule has 0 N–H and O–H groups in total. The first-order valence-corrected chi connectivity index (χ1v) is 13.0. The molecule has 3 aliphatic carbocycles. The van der Waals surface area contributed by atoms with Crippen molar-refractivity contribution < 1.29 is 4.74 Å². The molecular formula is C30H40N2O. The summed E-state index contributed by atoms with van der Waals surface area (Å²) >= 11 is 0. The molecule has 0 aromatic heterocycles. The van der Waals surface area contributed by atoms with Gasteiger partial charge in [-0.3, -0.25) is 0 Å². The second-order valence-corrected chi connectivity index (χ2v) is 11.1. The van der Waals surface area contributed by atoms with Crippen LogP contribution in [0.25, 0.3) is 0 Å². The molecule has 2 aromatic carbocycles. The fourth-order valence-electron chi connectivity index (χ4n) is 7.45.